The molecule has 0 radical (unpaired) electrons. The van der Waals surface area contributed by atoms with Gasteiger partial charge in [0.05, 0.1) is 0 Å². The fourth-order valence-electron chi connectivity index (χ4n) is 1.47. The van der Waals surface area contributed by atoms with E-state index in [1.807, 2.05) is 6.92 Å². The van der Waals surface area contributed by atoms with E-state index in [4.69, 9.17) is 5.73 Å². The summed E-state index contributed by atoms with van der Waals surface area (Å²) in [6.45, 7) is 1.85. The van der Waals surface area contributed by atoms with Gasteiger partial charge in [-0.3, -0.25) is 0 Å². The van der Waals surface area contributed by atoms with Crippen LogP contribution in [0.25, 0.3) is 0 Å². The molecule has 6 heteroatoms. The number of nitrogens with two attached hydrogens (primary N) is 1. The van der Waals surface area contributed by atoms with Crippen LogP contribution >= 0.6 is 0 Å². The van der Waals surface area contributed by atoms with Crippen molar-refractivity contribution < 1.29 is 22.3 Å². The lowest BCUT2D eigenvalue weighted by atomic mass is 10.0. The van der Waals surface area contributed by atoms with Gasteiger partial charge < -0.3 is 10.5 Å². The van der Waals surface area contributed by atoms with Gasteiger partial charge in [-0.1, -0.05) is 13.3 Å². The monoisotopic (exact) mass is 251 g/mol. The van der Waals surface area contributed by atoms with Crippen molar-refractivity contribution in [3.05, 3.63) is 29.6 Å². The van der Waals surface area contributed by atoms with Gasteiger partial charge in [0, 0.05) is 11.6 Å². The molecule has 0 aromatic heterocycles. The molecule has 0 aliphatic heterocycles. The third-order valence-corrected chi connectivity index (χ3v) is 2.20. The van der Waals surface area contributed by atoms with Gasteiger partial charge in [-0.2, -0.15) is 0 Å². The highest BCUT2D eigenvalue weighted by Crippen LogP contribution is 2.28. The van der Waals surface area contributed by atoms with Crippen LogP contribution in [0.5, 0.6) is 5.75 Å². The number of rotatable bonds is 4. The Labute approximate surface area is 96.4 Å². The van der Waals surface area contributed by atoms with E-state index in [9.17, 15) is 17.6 Å². The summed E-state index contributed by atoms with van der Waals surface area (Å²) in [5, 5.41) is 0. The molecule has 2 nitrogen and oxygen atoms in total. The maximum atomic E-state index is 13.4. The lowest BCUT2D eigenvalue weighted by molar-refractivity contribution is -0.274. The second-order valence-electron chi connectivity index (χ2n) is 3.63. The fraction of sp³-hybridized carbons (Fsp3) is 0.455. The molecule has 0 unspecified atom stereocenters. The van der Waals surface area contributed by atoms with Crippen LogP contribution in [-0.2, 0) is 0 Å². The van der Waals surface area contributed by atoms with Gasteiger partial charge in [0.25, 0.3) is 0 Å². The first kappa shape index (κ1) is 13.8. The number of benzene rings is 1. The van der Waals surface area contributed by atoms with Crippen molar-refractivity contribution in [2.45, 2.75) is 32.2 Å². The molecule has 0 heterocycles. The largest absolute Gasteiger partial charge is 0.573 e. The van der Waals surface area contributed by atoms with Crippen molar-refractivity contribution in [2.75, 3.05) is 0 Å². The number of halogens is 4. The zero-order valence-corrected chi connectivity index (χ0v) is 9.22. The first-order valence-corrected chi connectivity index (χ1v) is 5.14. The number of hydrogen-bond donors (Lipinski definition) is 1. The van der Waals surface area contributed by atoms with Crippen LogP contribution in [0.15, 0.2) is 18.2 Å². The Balaban J connectivity index is 2.94. The van der Waals surface area contributed by atoms with Crippen LogP contribution in [0, 0.1) is 5.82 Å². The van der Waals surface area contributed by atoms with Gasteiger partial charge >= 0.3 is 6.36 Å². The second-order valence-corrected chi connectivity index (χ2v) is 3.63. The predicted octanol–water partition coefficient (Wildman–Crippen LogP) is 3.52. The molecule has 0 saturated carbocycles. The SMILES string of the molecule is CCC[C@H](N)c1cc(OC(F)(F)F)ccc1F. The minimum Gasteiger partial charge on any atom is -0.406 e. The molecular formula is C11H13F4NO. The average molecular weight is 251 g/mol. The zero-order valence-electron chi connectivity index (χ0n) is 9.22. The molecule has 1 aromatic rings. The van der Waals surface area contributed by atoms with Crippen molar-refractivity contribution in [3.8, 4) is 5.75 Å². The molecule has 1 aromatic carbocycles. The lowest BCUT2D eigenvalue weighted by Gasteiger charge is -2.14. The molecule has 0 bridgehead atoms. The number of hydrogen-bond acceptors (Lipinski definition) is 2. The summed E-state index contributed by atoms with van der Waals surface area (Å²) in [7, 11) is 0. The Kier molecular flexibility index (Phi) is 4.34. The molecule has 0 aliphatic carbocycles. The second kappa shape index (κ2) is 5.35. The molecule has 96 valence electrons. The van der Waals surface area contributed by atoms with E-state index in [1.54, 1.807) is 0 Å². The predicted molar refractivity (Wildman–Crippen MR) is 54.9 cm³/mol. The van der Waals surface area contributed by atoms with Crippen molar-refractivity contribution in [3.63, 3.8) is 0 Å². The summed E-state index contributed by atoms with van der Waals surface area (Å²) in [4.78, 5) is 0. The Hall–Kier alpha value is -1.30. The van der Waals surface area contributed by atoms with E-state index < -0.39 is 24.0 Å². The summed E-state index contributed by atoms with van der Waals surface area (Å²) in [6.07, 6.45) is -3.58. The van der Waals surface area contributed by atoms with Crippen LogP contribution in [-0.4, -0.2) is 6.36 Å². The Morgan fingerprint density at radius 3 is 2.53 bits per heavy atom. The summed E-state index contributed by atoms with van der Waals surface area (Å²) in [6, 6.07) is 2.21. The van der Waals surface area contributed by atoms with Gasteiger partial charge in [0.1, 0.15) is 11.6 Å². The quantitative estimate of drug-likeness (QED) is 0.831. The minimum absolute atomic E-state index is 0.0357. The molecule has 2 N–H and O–H groups in total. The van der Waals surface area contributed by atoms with Gasteiger partial charge in [-0.25, -0.2) is 4.39 Å². The van der Waals surface area contributed by atoms with Crippen LogP contribution in [0.3, 0.4) is 0 Å². The molecule has 1 rings (SSSR count). The third-order valence-electron chi connectivity index (χ3n) is 2.20. The van der Waals surface area contributed by atoms with Crippen LogP contribution in [0.1, 0.15) is 31.4 Å². The van der Waals surface area contributed by atoms with Crippen molar-refractivity contribution in [1.29, 1.82) is 0 Å². The topological polar surface area (TPSA) is 35.2 Å². The van der Waals surface area contributed by atoms with Crippen molar-refractivity contribution in [2.24, 2.45) is 5.73 Å². The maximum Gasteiger partial charge on any atom is 0.573 e. The highest BCUT2D eigenvalue weighted by molar-refractivity contribution is 5.32. The van der Waals surface area contributed by atoms with Gasteiger partial charge in [-0.15, -0.1) is 13.2 Å². The third kappa shape index (κ3) is 4.22. The maximum absolute atomic E-state index is 13.4. The summed E-state index contributed by atoms with van der Waals surface area (Å²) >= 11 is 0. The number of alkyl halides is 3. The van der Waals surface area contributed by atoms with E-state index in [0.717, 1.165) is 18.2 Å². The highest BCUT2D eigenvalue weighted by Gasteiger charge is 2.31. The Morgan fingerprint density at radius 1 is 1.35 bits per heavy atom. The molecule has 1 atom stereocenters. The van der Waals surface area contributed by atoms with Crippen LogP contribution in [0.2, 0.25) is 0 Å². The molecule has 0 aliphatic rings. The first-order chi connectivity index (χ1) is 7.83. The van der Waals surface area contributed by atoms with E-state index >= 15 is 0 Å². The smallest absolute Gasteiger partial charge is 0.406 e. The Bertz CT molecular complexity index is 378. The van der Waals surface area contributed by atoms with Gasteiger partial charge in [0.2, 0.25) is 0 Å². The molecule has 0 fully saturated rings. The average Bonchev–Trinajstić information content (AvgIpc) is 2.19. The Morgan fingerprint density at radius 2 is 2.00 bits per heavy atom. The van der Waals surface area contributed by atoms with Crippen molar-refractivity contribution >= 4 is 0 Å². The van der Waals surface area contributed by atoms with E-state index in [1.165, 1.54) is 0 Å². The van der Waals surface area contributed by atoms with Crippen molar-refractivity contribution in [1.82, 2.24) is 0 Å². The number of ether oxygens (including phenoxy) is 1. The summed E-state index contributed by atoms with van der Waals surface area (Å²) in [5.74, 6) is -1.08. The molecule has 0 saturated heterocycles. The lowest BCUT2D eigenvalue weighted by Crippen LogP contribution is -2.18. The highest BCUT2D eigenvalue weighted by atomic mass is 19.4. The molecule has 0 spiro atoms. The zero-order chi connectivity index (χ0) is 13.1. The first-order valence-electron chi connectivity index (χ1n) is 5.14. The van der Waals surface area contributed by atoms with E-state index in [2.05, 4.69) is 4.74 Å². The summed E-state index contributed by atoms with van der Waals surface area (Å²) < 4.78 is 53.0. The normalized spacial score (nSPS) is 13.5. The van der Waals surface area contributed by atoms with Gasteiger partial charge in [0.15, 0.2) is 0 Å². The van der Waals surface area contributed by atoms with Gasteiger partial charge in [-0.05, 0) is 24.6 Å². The minimum atomic E-state index is -4.79. The summed E-state index contributed by atoms with van der Waals surface area (Å²) in [5.41, 5.74) is 5.70. The molecule has 17 heavy (non-hydrogen) atoms. The van der Waals surface area contributed by atoms with Crippen LogP contribution in [0.4, 0.5) is 17.6 Å². The molecular weight excluding hydrogens is 238 g/mol. The van der Waals surface area contributed by atoms with Crippen LogP contribution < -0.4 is 10.5 Å². The van der Waals surface area contributed by atoms with E-state index in [-0.39, 0.29) is 5.56 Å². The standard InChI is InChI=1S/C11H13F4NO/c1-2-3-10(16)8-6-7(4-5-9(8)12)17-11(13,14)15/h4-6,10H,2-3,16H2,1H3/t10-/m0/s1. The fourth-order valence-corrected chi connectivity index (χ4v) is 1.47. The molecule has 0 amide bonds. The van der Waals surface area contributed by atoms with E-state index in [0.29, 0.717) is 12.8 Å².